The van der Waals surface area contributed by atoms with Crippen LogP contribution in [0.2, 0.25) is 0 Å². The SMILES string of the molecule is Cc1ccc(OCCCNC(=O)[C@@H]2CC[C@H](C(=O)O)C2)cc1. The quantitative estimate of drug-likeness (QED) is 0.758. The van der Waals surface area contributed by atoms with E-state index in [9.17, 15) is 9.59 Å². The molecule has 0 unspecified atom stereocenters. The summed E-state index contributed by atoms with van der Waals surface area (Å²) in [5.74, 6) is -0.502. The summed E-state index contributed by atoms with van der Waals surface area (Å²) in [6, 6.07) is 7.85. The molecule has 0 aliphatic heterocycles. The van der Waals surface area contributed by atoms with Gasteiger partial charge in [-0.15, -0.1) is 0 Å². The van der Waals surface area contributed by atoms with Crippen LogP contribution in [0.4, 0.5) is 0 Å². The summed E-state index contributed by atoms with van der Waals surface area (Å²) in [5, 5.41) is 11.8. The molecule has 2 atom stereocenters. The Hall–Kier alpha value is -2.04. The zero-order valence-electron chi connectivity index (χ0n) is 12.9. The number of carboxylic acid groups (broad SMARTS) is 1. The fraction of sp³-hybridized carbons (Fsp3) is 0.529. The Bertz CT molecular complexity index is 512. The summed E-state index contributed by atoms with van der Waals surface area (Å²) in [4.78, 5) is 22.8. The van der Waals surface area contributed by atoms with Gasteiger partial charge >= 0.3 is 5.97 Å². The van der Waals surface area contributed by atoms with Gasteiger partial charge in [0.05, 0.1) is 12.5 Å². The number of rotatable bonds is 7. The van der Waals surface area contributed by atoms with Crippen LogP contribution < -0.4 is 10.1 Å². The molecule has 0 heterocycles. The first kappa shape index (κ1) is 16.3. The summed E-state index contributed by atoms with van der Waals surface area (Å²) in [6.45, 7) is 3.13. The van der Waals surface area contributed by atoms with Crippen molar-refractivity contribution in [3.05, 3.63) is 29.8 Å². The molecule has 0 bridgehead atoms. The highest BCUT2D eigenvalue weighted by molar-refractivity contribution is 5.80. The Kier molecular flexibility index (Phi) is 5.81. The number of aliphatic carboxylic acids is 1. The van der Waals surface area contributed by atoms with Crippen molar-refractivity contribution in [1.82, 2.24) is 5.32 Å². The van der Waals surface area contributed by atoms with E-state index >= 15 is 0 Å². The van der Waals surface area contributed by atoms with Crippen LogP contribution in [0, 0.1) is 18.8 Å². The molecule has 1 aromatic rings. The van der Waals surface area contributed by atoms with E-state index in [4.69, 9.17) is 9.84 Å². The predicted octanol–water partition coefficient (Wildman–Crippen LogP) is 2.38. The second-order valence-corrected chi connectivity index (χ2v) is 5.85. The van der Waals surface area contributed by atoms with Crippen molar-refractivity contribution in [3.63, 3.8) is 0 Å². The molecule has 1 fully saturated rings. The van der Waals surface area contributed by atoms with E-state index in [0.29, 0.717) is 32.4 Å². The van der Waals surface area contributed by atoms with Crippen LogP contribution in [-0.2, 0) is 9.59 Å². The highest BCUT2D eigenvalue weighted by Crippen LogP contribution is 2.31. The number of amides is 1. The number of ether oxygens (including phenoxy) is 1. The summed E-state index contributed by atoms with van der Waals surface area (Å²) >= 11 is 0. The smallest absolute Gasteiger partial charge is 0.306 e. The van der Waals surface area contributed by atoms with E-state index in [2.05, 4.69) is 5.32 Å². The summed E-state index contributed by atoms with van der Waals surface area (Å²) in [5.41, 5.74) is 1.19. The summed E-state index contributed by atoms with van der Waals surface area (Å²) in [7, 11) is 0. The number of nitrogens with one attached hydrogen (secondary N) is 1. The van der Waals surface area contributed by atoms with Gasteiger partial charge in [0.2, 0.25) is 5.91 Å². The molecule has 1 aliphatic rings. The van der Waals surface area contributed by atoms with Crippen molar-refractivity contribution in [2.75, 3.05) is 13.2 Å². The molecule has 120 valence electrons. The van der Waals surface area contributed by atoms with E-state index < -0.39 is 5.97 Å². The molecule has 1 aliphatic carbocycles. The average Bonchev–Trinajstić information content (AvgIpc) is 2.99. The Morgan fingerprint density at radius 1 is 1.23 bits per heavy atom. The molecule has 5 nitrogen and oxygen atoms in total. The van der Waals surface area contributed by atoms with Gasteiger partial charge in [0.15, 0.2) is 0 Å². The molecule has 2 N–H and O–H groups in total. The zero-order valence-corrected chi connectivity index (χ0v) is 12.9. The standard InChI is InChI=1S/C17H23NO4/c1-12-3-7-15(8-4-12)22-10-2-9-18-16(19)13-5-6-14(11-13)17(20)21/h3-4,7-8,13-14H,2,5-6,9-11H2,1H3,(H,18,19)(H,20,21)/t13-,14+/m1/s1. The first-order chi connectivity index (χ1) is 10.6. The van der Waals surface area contributed by atoms with E-state index in [0.717, 1.165) is 12.2 Å². The van der Waals surface area contributed by atoms with Gasteiger partial charge < -0.3 is 15.2 Å². The molecule has 0 saturated heterocycles. The van der Waals surface area contributed by atoms with Crippen molar-refractivity contribution in [2.45, 2.75) is 32.6 Å². The summed E-state index contributed by atoms with van der Waals surface area (Å²) < 4.78 is 5.59. The highest BCUT2D eigenvalue weighted by atomic mass is 16.5. The second kappa shape index (κ2) is 7.82. The lowest BCUT2D eigenvalue weighted by Gasteiger charge is -2.11. The highest BCUT2D eigenvalue weighted by Gasteiger charge is 2.33. The van der Waals surface area contributed by atoms with E-state index in [1.807, 2.05) is 31.2 Å². The first-order valence-electron chi connectivity index (χ1n) is 7.76. The molecule has 22 heavy (non-hydrogen) atoms. The number of hydrogen-bond acceptors (Lipinski definition) is 3. The third-order valence-corrected chi connectivity index (χ3v) is 4.06. The van der Waals surface area contributed by atoms with E-state index in [1.165, 1.54) is 5.56 Å². The maximum absolute atomic E-state index is 11.9. The van der Waals surface area contributed by atoms with Crippen LogP contribution in [0.15, 0.2) is 24.3 Å². The topological polar surface area (TPSA) is 75.6 Å². The molecular formula is C17H23NO4. The Labute approximate surface area is 130 Å². The first-order valence-corrected chi connectivity index (χ1v) is 7.76. The zero-order chi connectivity index (χ0) is 15.9. The molecule has 0 spiro atoms. The van der Waals surface area contributed by atoms with Crippen molar-refractivity contribution >= 4 is 11.9 Å². The number of hydrogen-bond donors (Lipinski definition) is 2. The van der Waals surface area contributed by atoms with Gasteiger partial charge in [0, 0.05) is 12.5 Å². The predicted molar refractivity (Wildman–Crippen MR) is 82.8 cm³/mol. The Balaban J connectivity index is 1.59. The summed E-state index contributed by atoms with van der Waals surface area (Å²) in [6.07, 6.45) is 2.46. The van der Waals surface area contributed by atoms with E-state index in [-0.39, 0.29) is 17.7 Å². The lowest BCUT2D eigenvalue weighted by atomic mass is 10.0. The molecular weight excluding hydrogens is 282 g/mol. The van der Waals surface area contributed by atoms with Crippen LogP contribution in [0.25, 0.3) is 0 Å². The van der Waals surface area contributed by atoms with Crippen molar-refractivity contribution in [2.24, 2.45) is 11.8 Å². The maximum Gasteiger partial charge on any atom is 0.306 e. The van der Waals surface area contributed by atoms with Crippen molar-refractivity contribution in [1.29, 1.82) is 0 Å². The lowest BCUT2D eigenvalue weighted by molar-refractivity contribution is -0.141. The number of benzene rings is 1. The normalized spacial score (nSPS) is 20.6. The number of carbonyl (C=O) groups excluding carboxylic acids is 1. The lowest BCUT2D eigenvalue weighted by Crippen LogP contribution is -2.31. The molecule has 0 radical (unpaired) electrons. The monoisotopic (exact) mass is 305 g/mol. The van der Waals surface area contributed by atoms with Crippen LogP contribution in [0.5, 0.6) is 5.75 Å². The molecule has 1 amide bonds. The molecule has 1 aromatic carbocycles. The third kappa shape index (κ3) is 4.76. The average molecular weight is 305 g/mol. The molecule has 2 rings (SSSR count). The fourth-order valence-electron chi connectivity index (χ4n) is 2.70. The van der Waals surface area contributed by atoms with Crippen LogP contribution in [0.1, 0.15) is 31.2 Å². The largest absolute Gasteiger partial charge is 0.494 e. The Morgan fingerprint density at radius 3 is 2.55 bits per heavy atom. The second-order valence-electron chi connectivity index (χ2n) is 5.85. The number of aryl methyl sites for hydroxylation is 1. The Morgan fingerprint density at radius 2 is 1.91 bits per heavy atom. The number of carbonyl (C=O) groups is 2. The van der Waals surface area contributed by atoms with Crippen molar-refractivity contribution < 1.29 is 19.4 Å². The molecule has 0 aromatic heterocycles. The van der Waals surface area contributed by atoms with Crippen LogP contribution in [0.3, 0.4) is 0 Å². The van der Waals surface area contributed by atoms with Gasteiger partial charge in [-0.3, -0.25) is 9.59 Å². The molecule has 1 saturated carbocycles. The van der Waals surface area contributed by atoms with Gasteiger partial charge in [-0.05, 0) is 44.7 Å². The van der Waals surface area contributed by atoms with Gasteiger partial charge in [-0.1, -0.05) is 17.7 Å². The fourth-order valence-corrected chi connectivity index (χ4v) is 2.70. The van der Waals surface area contributed by atoms with Gasteiger partial charge in [0.1, 0.15) is 5.75 Å². The third-order valence-electron chi connectivity index (χ3n) is 4.06. The van der Waals surface area contributed by atoms with Crippen molar-refractivity contribution in [3.8, 4) is 5.75 Å². The minimum absolute atomic E-state index is 0.0286. The van der Waals surface area contributed by atoms with Gasteiger partial charge in [0.25, 0.3) is 0 Å². The minimum atomic E-state index is -0.790. The van der Waals surface area contributed by atoms with Gasteiger partial charge in [-0.2, -0.15) is 0 Å². The molecule has 5 heteroatoms. The van der Waals surface area contributed by atoms with Crippen LogP contribution in [-0.4, -0.2) is 30.1 Å². The minimum Gasteiger partial charge on any atom is -0.494 e. The van der Waals surface area contributed by atoms with Crippen LogP contribution >= 0.6 is 0 Å². The maximum atomic E-state index is 11.9. The van der Waals surface area contributed by atoms with E-state index in [1.54, 1.807) is 0 Å². The van der Waals surface area contributed by atoms with Gasteiger partial charge in [-0.25, -0.2) is 0 Å². The number of carboxylic acids is 1.